The molecule has 0 fully saturated rings. The van der Waals surface area contributed by atoms with Crippen molar-refractivity contribution in [2.24, 2.45) is 0 Å². The number of anilines is 1. The standard InChI is InChI=1S/C13H16N2OS/c1-11-6-2-3-7-12(11)15-13(16)10-17-9-5-4-8-14/h2-3,6-7H,4-5,9-10H2,1H3,(H,15,16). The van der Waals surface area contributed by atoms with Crippen LogP contribution in [0, 0.1) is 18.3 Å². The van der Waals surface area contributed by atoms with Crippen LogP contribution in [0.3, 0.4) is 0 Å². The van der Waals surface area contributed by atoms with Gasteiger partial charge in [0, 0.05) is 12.1 Å². The minimum absolute atomic E-state index is 0.0151. The van der Waals surface area contributed by atoms with Gasteiger partial charge >= 0.3 is 0 Å². The van der Waals surface area contributed by atoms with Crippen LogP contribution >= 0.6 is 11.8 Å². The van der Waals surface area contributed by atoms with E-state index >= 15 is 0 Å². The summed E-state index contributed by atoms with van der Waals surface area (Å²) in [6.45, 7) is 1.97. The highest BCUT2D eigenvalue weighted by Crippen LogP contribution is 2.14. The van der Waals surface area contributed by atoms with E-state index < -0.39 is 0 Å². The molecule has 1 amide bonds. The van der Waals surface area contributed by atoms with Gasteiger partial charge in [-0.2, -0.15) is 17.0 Å². The third kappa shape index (κ3) is 5.41. The minimum atomic E-state index is 0.0151. The molecule has 0 bridgehead atoms. The number of nitrogens with zero attached hydrogens (tertiary/aromatic N) is 1. The van der Waals surface area contributed by atoms with Crippen molar-refractivity contribution in [1.29, 1.82) is 5.26 Å². The normalized spacial score (nSPS) is 9.65. The van der Waals surface area contributed by atoms with Gasteiger partial charge < -0.3 is 5.32 Å². The molecule has 0 aliphatic rings. The highest BCUT2D eigenvalue weighted by atomic mass is 32.2. The van der Waals surface area contributed by atoms with Gasteiger partial charge in [-0.15, -0.1) is 0 Å². The molecule has 0 heterocycles. The first-order chi connectivity index (χ1) is 8.24. The number of nitriles is 1. The largest absolute Gasteiger partial charge is 0.325 e. The molecular formula is C13H16N2OS. The number of nitrogens with one attached hydrogen (secondary N) is 1. The van der Waals surface area contributed by atoms with Gasteiger partial charge in [-0.1, -0.05) is 18.2 Å². The Labute approximate surface area is 106 Å². The Morgan fingerprint density at radius 2 is 2.24 bits per heavy atom. The number of thioether (sulfide) groups is 1. The lowest BCUT2D eigenvalue weighted by atomic mass is 10.2. The van der Waals surface area contributed by atoms with Gasteiger partial charge in [0.2, 0.25) is 5.91 Å². The first kappa shape index (κ1) is 13.6. The Hall–Kier alpha value is -1.47. The predicted molar refractivity (Wildman–Crippen MR) is 72.0 cm³/mol. The lowest BCUT2D eigenvalue weighted by molar-refractivity contribution is -0.113. The second kappa shape index (κ2) is 7.75. The average Bonchev–Trinajstić information content (AvgIpc) is 2.32. The van der Waals surface area contributed by atoms with Gasteiger partial charge in [-0.3, -0.25) is 4.79 Å². The maximum Gasteiger partial charge on any atom is 0.234 e. The van der Waals surface area contributed by atoms with E-state index in [9.17, 15) is 4.79 Å². The molecule has 90 valence electrons. The summed E-state index contributed by atoms with van der Waals surface area (Å²) >= 11 is 1.56. The van der Waals surface area contributed by atoms with Crippen molar-refractivity contribution >= 4 is 23.4 Å². The van der Waals surface area contributed by atoms with Crippen LogP contribution in [0.4, 0.5) is 5.69 Å². The van der Waals surface area contributed by atoms with Crippen LogP contribution in [0.25, 0.3) is 0 Å². The van der Waals surface area contributed by atoms with E-state index in [2.05, 4.69) is 11.4 Å². The van der Waals surface area contributed by atoms with Crippen LogP contribution in [0.5, 0.6) is 0 Å². The Bertz CT molecular complexity index is 412. The summed E-state index contributed by atoms with van der Waals surface area (Å²) < 4.78 is 0. The molecule has 0 radical (unpaired) electrons. The quantitative estimate of drug-likeness (QED) is 0.787. The van der Waals surface area contributed by atoms with E-state index in [0.717, 1.165) is 23.4 Å². The van der Waals surface area contributed by atoms with Crippen molar-refractivity contribution in [2.75, 3.05) is 16.8 Å². The number of hydrogen-bond acceptors (Lipinski definition) is 3. The van der Waals surface area contributed by atoms with Crippen LogP contribution < -0.4 is 5.32 Å². The van der Waals surface area contributed by atoms with Crippen molar-refractivity contribution in [3.8, 4) is 6.07 Å². The number of benzene rings is 1. The molecular weight excluding hydrogens is 232 g/mol. The third-order valence-electron chi connectivity index (χ3n) is 2.23. The smallest absolute Gasteiger partial charge is 0.234 e. The maximum atomic E-state index is 11.6. The molecule has 3 nitrogen and oxygen atoms in total. The molecule has 0 aliphatic carbocycles. The van der Waals surface area contributed by atoms with Gasteiger partial charge in [-0.05, 0) is 30.7 Å². The van der Waals surface area contributed by atoms with Crippen LogP contribution in [-0.2, 0) is 4.79 Å². The summed E-state index contributed by atoms with van der Waals surface area (Å²) in [5.41, 5.74) is 1.94. The predicted octanol–water partition coefficient (Wildman–Crippen LogP) is 2.97. The molecule has 1 rings (SSSR count). The van der Waals surface area contributed by atoms with E-state index in [4.69, 9.17) is 5.26 Å². The molecule has 17 heavy (non-hydrogen) atoms. The molecule has 0 atom stereocenters. The number of amides is 1. The Morgan fingerprint density at radius 1 is 1.47 bits per heavy atom. The van der Waals surface area contributed by atoms with E-state index in [-0.39, 0.29) is 5.91 Å². The van der Waals surface area contributed by atoms with Gasteiger partial charge in [-0.25, -0.2) is 0 Å². The number of aryl methyl sites for hydroxylation is 1. The number of carbonyl (C=O) groups is 1. The fourth-order valence-electron chi connectivity index (χ4n) is 1.32. The van der Waals surface area contributed by atoms with Crippen LogP contribution in [0.15, 0.2) is 24.3 Å². The Kier molecular flexibility index (Phi) is 6.19. The second-order valence-electron chi connectivity index (χ2n) is 3.68. The van der Waals surface area contributed by atoms with E-state index in [1.807, 2.05) is 31.2 Å². The van der Waals surface area contributed by atoms with Crippen LogP contribution in [0.1, 0.15) is 18.4 Å². The lowest BCUT2D eigenvalue weighted by Crippen LogP contribution is -2.15. The van der Waals surface area contributed by atoms with Crippen LogP contribution in [-0.4, -0.2) is 17.4 Å². The summed E-state index contributed by atoms with van der Waals surface area (Å²) in [4.78, 5) is 11.6. The lowest BCUT2D eigenvalue weighted by Gasteiger charge is -2.07. The Morgan fingerprint density at radius 3 is 2.94 bits per heavy atom. The summed E-state index contributed by atoms with van der Waals surface area (Å²) in [7, 11) is 0. The summed E-state index contributed by atoms with van der Waals surface area (Å²) in [6.07, 6.45) is 1.41. The summed E-state index contributed by atoms with van der Waals surface area (Å²) in [5.74, 6) is 1.32. The number of rotatable bonds is 6. The number of para-hydroxylation sites is 1. The molecule has 4 heteroatoms. The molecule has 1 aromatic rings. The van der Waals surface area contributed by atoms with Gasteiger partial charge in [0.05, 0.1) is 11.8 Å². The summed E-state index contributed by atoms with van der Waals surface area (Å²) in [5, 5.41) is 11.2. The summed E-state index contributed by atoms with van der Waals surface area (Å²) in [6, 6.07) is 9.81. The third-order valence-corrected chi connectivity index (χ3v) is 3.27. The zero-order valence-electron chi connectivity index (χ0n) is 9.90. The topological polar surface area (TPSA) is 52.9 Å². The molecule has 1 aromatic carbocycles. The SMILES string of the molecule is Cc1ccccc1NC(=O)CSCCCC#N. The molecule has 0 aromatic heterocycles. The Balaban J connectivity index is 2.26. The van der Waals surface area contributed by atoms with Gasteiger partial charge in [0.15, 0.2) is 0 Å². The monoisotopic (exact) mass is 248 g/mol. The minimum Gasteiger partial charge on any atom is -0.325 e. The maximum absolute atomic E-state index is 11.6. The fourth-order valence-corrected chi connectivity index (χ4v) is 2.07. The zero-order chi connectivity index (χ0) is 12.5. The zero-order valence-corrected chi connectivity index (χ0v) is 10.7. The first-order valence-corrected chi connectivity index (χ1v) is 6.69. The van der Waals surface area contributed by atoms with Gasteiger partial charge in [0.25, 0.3) is 0 Å². The average molecular weight is 248 g/mol. The molecule has 0 saturated heterocycles. The highest BCUT2D eigenvalue weighted by molar-refractivity contribution is 7.99. The molecule has 0 spiro atoms. The van der Waals surface area contributed by atoms with Crippen molar-refractivity contribution in [2.45, 2.75) is 19.8 Å². The van der Waals surface area contributed by atoms with E-state index in [1.165, 1.54) is 0 Å². The van der Waals surface area contributed by atoms with Crippen molar-refractivity contribution in [3.63, 3.8) is 0 Å². The van der Waals surface area contributed by atoms with Crippen molar-refractivity contribution in [3.05, 3.63) is 29.8 Å². The van der Waals surface area contributed by atoms with Crippen molar-refractivity contribution in [1.82, 2.24) is 0 Å². The molecule has 0 aliphatic heterocycles. The van der Waals surface area contributed by atoms with E-state index in [1.54, 1.807) is 11.8 Å². The highest BCUT2D eigenvalue weighted by Gasteiger charge is 2.03. The molecule has 0 saturated carbocycles. The number of carbonyl (C=O) groups excluding carboxylic acids is 1. The van der Waals surface area contributed by atoms with Crippen molar-refractivity contribution < 1.29 is 4.79 Å². The molecule has 1 N–H and O–H groups in total. The number of hydrogen-bond donors (Lipinski definition) is 1. The van der Waals surface area contributed by atoms with Crippen LogP contribution in [0.2, 0.25) is 0 Å². The van der Waals surface area contributed by atoms with Gasteiger partial charge in [0.1, 0.15) is 0 Å². The first-order valence-electron chi connectivity index (χ1n) is 5.54. The van der Waals surface area contributed by atoms with E-state index in [0.29, 0.717) is 12.2 Å². The second-order valence-corrected chi connectivity index (χ2v) is 4.78. The fraction of sp³-hybridized carbons (Fsp3) is 0.385. The number of unbranched alkanes of at least 4 members (excludes halogenated alkanes) is 1. The molecule has 0 unspecified atom stereocenters.